The summed E-state index contributed by atoms with van der Waals surface area (Å²) in [5.41, 5.74) is 2.58. The molecule has 0 bridgehead atoms. The maximum absolute atomic E-state index is 9.11. The van der Waals surface area contributed by atoms with Gasteiger partial charge in [-0.25, -0.2) is 0 Å². The van der Waals surface area contributed by atoms with E-state index in [1.54, 1.807) is 7.11 Å². The van der Waals surface area contributed by atoms with Gasteiger partial charge in [0.1, 0.15) is 6.07 Å². The highest BCUT2D eigenvalue weighted by Crippen LogP contribution is 2.21. The Labute approximate surface area is 108 Å². The minimum atomic E-state index is 0.433. The summed E-state index contributed by atoms with van der Waals surface area (Å²) in [5.74, 6) is 0.433. The molecule has 0 aliphatic heterocycles. The van der Waals surface area contributed by atoms with Gasteiger partial charge in [-0.2, -0.15) is 5.26 Å². The molecule has 0 N–H and O–H groups in total. The van der Waals surface area contributed by atoms with Crippen molar-refractivity contribution in [3.05, 3.63) is 29.3 Å². The van der Waals surface area contributed by atoms with E-state index in [4.69, 9.17) is 21.6 Å². The highest BCUT2D eigenvalue weighted by molar-refractivity contribution is 6.17. The second-order valence-corrected chi connectivity index (χ2v) is 4.13. The van der Waals surface area contributed by atoms with Crippen molar-refractivity contribution in [2.75, 3.05) is 32.2 Å². The summed E-state index contributed by atoms with van der Waals surface area (Å²) in [5, 5.41) is 9.11. The molecule has 0 spiro atoms. The molecule has 1 aromatic rings. The molecule has 1 aromatic carbocycles. The second-order valence-electron chi connectivity index (χ2n) is 3.86. The van der Waals surface area contributed by atoms with Gasteiger partial charge in [0, 0.05) is 33.2 Å². The monoisotopic (exact) mass is 252 g/mol. The van der Waals surface area contributed by atoms with Crippen molar-refractivity contribution >= 4 is 17.3 Å². The van der Waals surface area contributed by atoms with E-state index in [0.29, 0.717) is 11.4 Å². The summed E-state index contributed by atoms with van der Waals surface area (Å²) in [6.45, 7) is 1.59. The first-order valence-electron chi connectivity index (χ1n) is 5.52. The first-order valence-corrected chi connectivity index (χ1v) is 6.05. The van der Waals surface area contributed by atoms with E-state index >= 15 is 0 Å². The number of ether oxygens (including phenoxy) is 1. The summed E-state index contributed by atoms with van der Waals surface area (Å²) in [6, 6.07) is 7.95. The molecular formula is C13H17ClN2O. The third kappa shape index (κ3) is 3.92. The molecule has 0 radical (unpaired) electrons. The zero-order valence-electron chi connectivity index (χ0n) is 10.2. The topological polar surface area (TPSA) is 36.3 Å². The van der Waals surface area contributed by atoms with Crippen LogP contribution in [0.15, 0.2) is 18.2 Å². The van der Waals surface area contributed by atoms with Crippen LogP contribution in [0.1, 0.15) is 17.5 Å². The molecule has 0 heterocycles. The Hall–Kier alpha value is -1.24. The van der Waals surface area contributed by atoms with E-state index < -0.39 is 0 Å². The molecule has 0 fully saturated rings. The fourth-order valence-electron chi connectivity index (χ4n) is 1.66. The van der Waals surface area contributed by atoms with Crippen LogP contribution in [0.4, 0.5) is 5.69 Å². The van der Waals surface area contributed by atoms with Gasteiger partial charge in [-0.15, -0.1) is 11.6 Å². The van der Waals surface area contributed by atoms with E-state index in [1.807, 2.05) is 25.2 Å². The Kier molecular flexibility index (Phi) is 5.82. The minimum Gasteiger partial charge on any atom is -0.385 e. The summed E-state index contributed by atoms with van der Waals surface area (Å²) in [7, 11) is 3.67. The quantitative estimate of drug-likeness (QED) is 0.577. The van der Waals surface area contributed by atoms with Crippen LogP contribution in [0.5, 0.6) is 0 Å². The lowest BCUT2D eigenvalue weighted by molar-refractivity contribution is 0.196. The molecule has 0 saturated carbocycles. The fraction of sp³-hybridized carbons (Fsp3) is 0.462. The SMILES string of the molecule is COCCCN(C)c1ccc(CCl)cc1C#N. The zero-order chi connectivity index (χ0) is 12.7. The predicted octanol–water partition coefficient (Wildman–Crippen LogP) is 2.77. The van der Waals surface area contributed by atoms with Gasteiger partial charge in [0.15, 0.2) is 0 Å². The van der Waals surface area contributed by atoms with Gasteiger partial charge in [-0.1, -0.05) is 6.07 Å². The number of nitrogens with zero attached hydrogens (tertiary/aromatic N) is 2. The van der Waals surface area contributed by atoms with Crippen molar-refractivity contribution in [3.63, 3.8) is 0 Å². The Morgan fingerprint density at radius 1 is 1.47 bits per heavy atom. The third-order valence-corrected chi connectivity index (χ3v) is 2.90. The first-order chi connectivity index (χ1) is 8.22. The van der Waals surface area contributed by atoms with Crippen LogP contribution in [0.2, 0.25) is 0 Å². The van der Waals surface area contributed by atoms with Crippen molar-refractivity contribution in [2.24, 2.45) is 0 Å². The standard InChI is InChI=1S/C13H17ClN2O/c1-16(6-3-7-17-2)13-5-4-11(9-14)8-12(13)10-15/h4-5,8H,3,6-7,9H2,1-2H3. The van der Waals surface area contributed by atoms with Crippen molar-refractivity contribution < 1.29 is 4.74 Å². The van der Waals surface area contributed by atoms with E-state index in [0.717, 1.165) is 30.8 Å². The van der Waals surface area contributed by atoms with Crippen LogP contribution >= 0.6 is 11.6 Å². The second kappa shape index (κ2) is 7.16. The summed E-state index contributed by atoms with van der Waals surface area (Å²) < 4.78 is 5.01. The number of nitriles is 1. The Morgan fingerprint density at radius 2 is 2.24 bits per heavy atom. The average Bonchev–Trinajstić information content (AvgIpc) is 2.38. The lowest BCUT2D eigenvalue weighted by Gasteiger charge is -2.20. The van der Waals surface area contributed by atoms with Crippen molar-refractivity contribution in [1.29, 1.82) is 5.26 Å². The van der Waals surface area contributed by atoms with Gasteiger partial charge < -0.3 is 9.64 Å². The number of alkyl halides is 1. The van der Waals surface area contributed by atoms with Gasteiger partial charge >= 0.3 is 0 Å². The first kappa shape index (κ1) is 13.8. The van der Waals surface area contributed by atoms with Crippen LogP contribution in [-0.2, 0) is 10.6 Å². The van der Waals surface area contributed by atoms with Gasteiger partial charge in [0.2, 0.25) is 0 Å². The highest BCUT2D eigenvalue weighted by Gasteiger charge is 2.07. The van der Waals surface area contributed by atoms with Crippen molar-refractivity contribution in [3.8, 4) is 6.07 Å². The van der Waals surface area contributed by atoms with E-state index in [-0.39, 0.29) is 0 Å². The summed E-state index contributed by atoms with van der Waals surface area (Å²) in [4.78, 5) is 2.07. The molecule has 17 heavy (non-hydrogen) atoms. The number of anilines is 1. The molecule has 0 saturated heterocycles. The molecule has 0 aliphatic carbocycles. The van der Waals surface area contributed by atoms with Crippen LogP contribution in [0.3, 0.4) is 0 Å². The molecule has 0 aliphatic rings. The van der Waals surface area contributed by atoms with Gasteiger partial charge in [0.05, 0.1) is 11.3 Å². The zero-order valence-corrected chi connectivity index (χ0v) is 11.0. The normalized spacial score (nSPS) is 10.0. The lowest BCUT2D eigenvalue weighted by atomic mass is 10.1. The minimum absolute atomic E-state index is 0.433. The number of rotatable bonds is 6. The Bertz CT molecular complexity index is 401. The van der Waals surface area contributed by atoms with Crippen LogP contribution in [-0.4, -0.2) is 27.3 Å². The highest BCUT2D eigenvalue weighted by atomic mass is 35.5. The molecule has 0 amide bonds. The maximum Gasteiger partial charge on any atom is 0.101 e. The van der Waals surface area contributed by atoms with Crippen molar-refractivity contribution in [2.45, 2.75) is 12.3 Å². The predicted molar refractivity (Wildman–Crippen MR) is 70.5 cm³/mol. The van der Waals surface area contributed by atoms with Crippen molar-refractivity contribution in [1.82, 2.24) is 0 Å². The molecule has 4 heteroatoms. The lowest BCUT2D eigenvalue weighted by Crippen LogP contribution is -2.20. The maximum atomic E-state index is 9.11. The summed E-state index contributed by atoms with van der Waals surface area (Å²) in [6.07, 6.45) is 0.940. The molecular weight excluding hydrogens is 236 g/mol. The van der Waals surface area contributed by atoms with Crippen LogP contribution in [0.25, 0.3) is 0 Å². The van der Waals surface area contributed by atoms with E-state index in [1.165, 1.54) is 0 Å². The molecule has 3 nitrogen and oxygen atoms in total. The van der Waals surface area contributed by atoms with Crippen LogP contribution in [0, 0.1) is 11.3 Å². The molecule has 0 unspecified atom stereocenters. The molecule has 0 atom stereocenters. The number of hydrogen-bond acceptors (Lipinski definition) is 3. The van der Waals surface area contributed by atoms with Crippen LogP contribution < -0.4 is 4.90 Å². The average molecular weight is 253 g/mol. The molecule has 0 aromatic heterocycles. The molecule has 92 valence electrons. The number of hydrogen-bond donors (Lipinski definition) is 0. The van der Waals surface area contributed by atoms with Gasteiger partial charge in [-0.3, -0.25) is 0 Å². The molecule has 1 rings (SSSR count). The smallest absolute Gasteiger partial charge is 0.101 e. The van der Waals surface area contributed by atoms with Gasteiger partial charge in [-0.05, 0) is 24.1 Å². The largest absolute Gasteiger partial charge is 0.385 e. The van der Waals surface area contributed by atoms with E-state index in [9.17, 15) is 0 Å². The Balaban J connectivity index is 2.79. The van der Waals surface area contributed by atoms with Gasteiger partial charge in [0.25, 0.3) is 0 Å². The number of halogens is 1. The van der Waals surface area contributed by atoms with E-state index in [2.05, 4.69) is 11.0 Å². The fourth-order valence-corrected chi connectivity index (χ4v) is 1.82. The number of benzene rings is 1. The number of methoxy groups -OCH3 is 1. The summed E-state index contributed by atoms with van der Waals surface area (Å²) >= 11 is 5.75. The third-order valence-electron chi connectivity index (χ3n) is 2.59. The Morgan fingerprint density at radius 3 is 2.82 bits per heavy atom.